The van der Waals surface area contributed by atoms with Crippen molar-refractivity contribution in [1.29, 1.82) is 0 Å². The van der Waals surface area contributed by atoms with Crippen LogP contribution in [0.3, 0.4) is 0 Å². The quantitative estimate of drug-likeness (QED) is 0.646. The third-order valence-corrected chi connectivity index (χ3v) is 3.56. The van der Waals surface area contributed by atoms with Crippen molar-refractivity contribution >= 4 is 5.69 Å². The topological polar surface area (TPSA) is 39.7 Å². The zero-order chi connectivity index (χ0) is 17.2. The van der Waals surface area contributed by atoms with Crippen LogP contribution in [-0.2, 0) is 0 Å². The first-order chi connectivity index (χ1) is 11.7. The molecule has 0 spiro atoms. The van der Waals surface area contributed by atoms with Crippen LogP contribution in [0.1, 0.15) is 20.3 Å². The predicted octanol–water partition coefficient (Wildman–Crippen LogP) is 4.61. The molecule has 4 heteroatoms. The number of benzene rings is 2. The van der Waals surface area contributed by atoms with Gasteiger partial charge in [0.25, 0.3) is 0 Å². The number of anilines is 1. The molecule has 0 saturated heterocycles. The van der Waals surface area contributed by atoms with E-state index in [-0.39, 0.29) is 0 Å². The van der Waals surface area contributed by atoms with Gasteiger partial charge in [-0.15, -0.1) is 0 Å². The summed E-state index contributed by atoms with van der Waals surface area (Å²) in [6, 6.07) is 15.7. The van der Waals surface area contributed by atoms with Gasteiger partial charge in [-0.2, -0.15) is 0 Å². The largest absolute Gasteiger partial charge is 0.494 e. The van der Waals surface area contributed by atoms with Gasteiger partial charge in [0.1, 0.15) is 12.4 Å². The Hall–Kier alpha value is -2.36. The lowest BCUT2D eigenvalue weighted by Gasteiger charge is -2.12. The van der Waals surface area contributed by atoms with Crippen LogP contribution in [0.2, 0.25) is 0 Å². The molecule has 0 aliphatic rings. The van der Waals surface area contributed by atoms with Gasteiger partial charge in [-0.25, -0.2) is 0 Å². The average Bonchev–Trinajstić information content (AvgIpc) is 2.59. The Kier molecular flexibility index (Phi) is 7.27. The Bertz CT molecular complexity index is 613. The van der Waals surface area contributed by atoms with Gasteiger partial charge in [-0.3, -0.25) is 0 Å². The highest BCUT2D eigenvalue weighted by Crippen LogP contribution is 2.25. The van der Waals surface area contributed by atoms with Gasteiger partial charge < -0.3 is 19.5 Å². The molecular formula is C20H27NO3. The maximum absolute atomic E-state index is 5.78. The van der Waals surface area contributed by atoms with Gasteiger partial charge in [0.15, 0.2) is 11.5 Å². The molecule has 0 unspecified atom stereocenters. The number of hydrogen-bond acceptors (Lipinski definition) is 4. The predicted molar refractivity (Wildman–Crippen MR) is 98.4 cm³/mol. The lowest BCUT2D eigenvalue weighted by molar-refractivity contribution is 0.289. The molecule has 0 heterocycles. The first kappa shape index (κ1) is 18.0. The average molecular weight is 329 g/mol. The first-order valence-electron chi connectivity index (χ1n) is 8.41. The zero-order valence-electron chi connectivity index (χ0n) is 14.7. The third-order valence-electron chi connectivity index (χ3n) is 3.56. The summed E-state index contributed by atoms with van der Waals surface area (Å²) < 4.78 is 16.8. The maximum atomic E-state index is 5.78. The van der Waals surface area contributed by atoms with Gasteiger partial charge in [0.2, 0.25) is 0 Å². The Balaban J connectivity index is 1.76. The van der Waals surface area contributed by atoms with Crippen molar-refractivity contribution in [1.82, 2.24) is 0 Å². The Morgan fingerprint density at radius 1 is 0.917 bits per heavy atom. The van der Waals surface area contributed by atoms with Crippen molar-refractivity contribution in [3.63, 3.8) is 0 Å². The smallest absolute Gasteiger partial charge is 0.161 e. The highest BCUT2D eigenvalue weighted by Gasteiger charge is 2.02. The minimum absolute atomic E-state index is 0.554. The summed E-state index contributed by atoms with van der Waals surface area (Å²) in [7, 11) is 1.64. The molecule has 0 aliphatic carbocycles. The van der Waals surface area contributed by atoms with Gasteiger partial charge in [0.05, 0.1) is 13.7 Å². The number of ether oxygens (including phenoxy) is 3. The van der Waals surface area contributed by atoms with Crippen LogP contribution in [0.5, 0.6) is 17.2 Å². The zero-order valence-corrected chi connectivity index (χ0v) is 14.7. The molecule has 4 nitrogen and oxygen atoms in total. The normalized spacial score (nSPS) is 10.5. The SMILES string of the molecule is COc1ccccc1OCCNc1cccc(OCCC(C)C)c1. The third kappa shape index (κ3) is 6.03. The molecule has 2 aromatic rings. The number of methoxy groups -OCH3 is 1. The molecule has 24 heavy (non-hydrogen) atoms. The second-order valence-electron chi connectivity index (χ2n) is 5.98. The second-order valence-corrected chi connectivity index (χ2v) is 5.98. The molecule has 0 atom stereocenters. The molecule has 0 aromatic heterocycles. The van der Waals surface area contributed by atoms with E-state index in [9.17, 15) is 0 Å². The summed E-state index contributed by atoms with van der Waals surface area (Å²) in [5.41, 5.74) is 1.03. The van der Waals surface area contributed by atoms with Gasteiger partial charge in [0, 0.05) is 18.3 Å². The van der Waals surface area contributed by atoms with Crippen molar-refractivity contribution < 1.29 is 14.2 Å². The molecule has 1 N–H and O–H groups in total. The molecule has 0 radical (unpaired) electrons. The van der Waals surface area contributed by atoms with Crippen molar-refractivity contribution in [3.8, 4) is 17.2 Å². The van der Waals surface area contributed by atoms with Crippen LogP contribution >= 0.6 is 0 Å². The summed E-state index contributed by atoms with van der Waals surface area (Å²) >= 11 is 0. The fraction of sp³-hybridized carbons (Fsp3) is 0.400. The fourth-order valence-corrected chi connectivity index (χ4v) is 2.20. The van der Waals surface area contributed by atoms with Crippen LogP contribution in [0.15, 0.2) is 48.5 Å². The maximum Gasteiger partial charge on any atom is 0.161 e. The Morgan fingerprint density at radius 2 is 1.71 bits per heavy atom. The van der Waals surface area contributed by atoms with E-state index in [1.807, 2.05) is 48.5 Å². The number of hydrogen-bond donors (Lipinski definition) is 1. The number of rotatable bonds is 10. The monoisotopic (exact) mass is 329 g/mol. The van der Waals surface area contributed by atoms with E-state index in [0.717, 1.165) is 36.0 Å². The lowest BCUT2D eigenvalue weighted by Crippen LogP contribution is -2.12. The molecule has 0 aliphatic heterocycles. The molecule has 0 bridgehead atoms. The highest BCUT2D eigenvalue weighted by molar-refractivity contribution is 5.48. The van der Waals surface area contributed by atoms with Crippen molar-refractivity contribution in [2.45, 2.75) is 20.3 Å². The van der Waals surface area contributed by atoms with Gasteiger partial charge in [-0.1, -0.05) is 32.0 Å². The van der Waals surface area contributed by atoms with E-state index in [2.05, 4.69) is 19.2 Å². The van der Waals surface area contributed by atoms with E-state index >= 15 is 0 Å². The molecule has 2 rings (SSSR count). The minimum atomic E-state index is 0.554. The van der Waals surface area contributed by atoms with Crippen LogP contribution in [0, 0.1) is 5.92 Å². The van der Waals surface area contributed by atoms with Crippen LogP contribution < -0.4 is 19.5 Å². The van der Waals surface area contributed by atoms with Crippen molar-refractivity contribution in [2.24, 2.45) is 5.92 Å². The van der Waals surface area contributed by atoms with Crippen LogP contribution in [0.4, 0.5) is 5.69 Å². The summed E-state index contributed by atoms with van der Waals surface area (Å²) in [5.74, 6) is 3.05. The van der Waals surface area contributed by atoms with E-state index in [0.29, 0.717) is 19.1 Å². The van der Waals surface area contributed by atoms with E-state index < -0.39 is 0 Å². The second kappa shape index (κ2) is 9.71. The highest BCUT2D eigenvalue weighted by atomic mass is 16.5. The molecule has 0 fully saturated rings. The van der Waals surface area contributed by atoms with Crippen molar-refractivity contribution in [3.05, 3.63) is 48.5 Å². The Labute approximate surface area is 144 Å². The molecule has 2 aromatic carbocycles. The van der Waals surface area contributed by atoms with Crippen LogP contribution in [-0.4, -0.2) is 26.9 Å². The van der Waals surface area contributed by atoms with Gasteiger partial charge in [-0.05, 0) is 36.6 Å². The summed E-state index contributed by atoms with van der Waals surface area (Å²) in [6.45, 7) is 6.40. The summed E-state index contributed by atoms with van der Waals surface area (Å²) in [4.78, 5) is 0. The summed E-state index contributed by atoms with van der Waals surface area (Å²) in [5, 5.41) is 3.35. The molecule has 0 amide bonds. The van der Waals surface area contributed by atoms with E-state index in [4.69, 9.17) is 14.2 Å². The first-order valence-corrected chi connectivity index (χ1v) is 8.41. The molecule has 130 valence electrons. The van der Waals surface area contributed by atoms with E-state index in [1.54, 1.807) is 7.11 Å². The molecular weight excluding hydrogens is 302 g/mol. The van der Waals surface area contributed by atoms with E-state index in [1.165, 1.54) is 0 Å². The Morgan fingerprint density at radius 3 is 2.46 bits per heavy atom. The van der Waals surface area contributed by atoms with Crippen LogP contribution in [0.25, 0.3) is 0 Å². The van der Waals surface area contributed by atoms with Gasteiger partial charge >= 0.3 is 0 Å². The number of para-hydroxylation sites is 2. The lowest BCUT2D eigenvalue weighted by atomic mass is 10.1. The minimum Gasteiger partial charge on any atom is -0.494 e. The van der Waals surface area contributed by atoms with Crippen molar-refractivity contribution in [2.75, 3.05) is 32.2 Å². The summed E-state index contributed by atoms with van der Waals surface area (Å²) in [6.07, 6.45) is 1.06. The standard InChI is InChI=1S/C20H27NO3/c1-16(2)11-13-23-18-8-6-7-17(15-18)21-12-14-24-20-10-5-4-9-19(20)22-3/h4-10,15-16,21H,11-14H2,1-3H3. The number of nitrogens with one attached hydrogen (secondary N) is 1. The molecule has 0 saturated carbocycles. The fourth-order valence-electron chi connectivity index (χ4n) is 2.20.